The summed E-state index contributed by atoms with van der Waals surface area (Å²) < 4.78 is 68.6. The van der Waals surface area contributed by atoms with Crippen LogP contribution in [0.4, 0.5) is 0 Å². The van der Waals surface area contributed by atoms with Crippen LogP contribution in [0.5, 0.6) is 0 Å². The molecular weight excluding hydrogens is 1290 g/mol. The monoisotopic (exact) mass is 1450 g/mol. The Morgan fingerprint density at radius 1 is 0.253 bits per heavy atom. The van der Waals surface area contributed by atoms with Gasteiger partial charge in [0, 0.05) is 25.7 Å². The number of aliphatic hydroxyl groups excluding tert-OH is 1. The Labute approximate surface area is 607 Å². The molecule has 0 saturated heterocycles. The first-order valence-electron chi connectivity index (χ1n) is 41.2. The third-order valence-corrected chi connectivity index (χ3v) is 20.5. The zero-order chi connectivity index (χ0) is 73.1. The van der Waals surface area contributed by atoms with Crippen molar-refractivity contribution in [3.63, 3.8) is 0 Å². The first kappa shape index (κ1) is 97.1. The molecule has 0 saturated carbocycles. The molecule has 0 spiro atoms. The number of unbranched alkanes of at least 4 members (excludes halogenated alkanes) is 43. The van der Waals surface area contributed by atoms with Gasteiger partial charge in [0.25, 0.3) is 0 Å². The van der Waals surface area contributed by atoms with Gasteiger partial charge in [-0.15, -0.1) is 0 Å². The van der Waals surface area contributed by atoms with Gasteiger partial charge in [0.1, 0.15) is 19.3 Å². The summed E-state index contributed by atoms with van der Waals surface area (Å²) in [4.78, 5) is 72.9. The highest BCUT2D eigenvalue weighted by Crippen LogP contribution is 2.45. The van der Waals surface area contributed by atoms with Crippen LogP contribution in [0.25, 0.3) is 0 Å². The second-order valence-corrected chi connectivity index (χ2v) is 33.6. The summed E-state index contributed by atoms with van der Waals surface area (Å²) in [5.74, 6) is 0.940. The second-order valence-electron chi connectivity index (χ2n) is 30.7. The maximum atomic E-state index is 13.1. The topological polar surface area (TPSA) is 237 Å². The minimum atomic E-state index is -4.96. The Morgan fingerprint density at radius 2 is 0.424 bits per heavy atom. The molecule has 0 aliphatic carbocycles. The van der Waals surface area contributed by atoms with Gasteiger partial charge in [-0.05, 0) is 49.4 Å². The molecule has 0 fully saturated rings. The van der Waals surface area contributed by atoms with E-state index in [2.05, 4.69) is 55.4 Å². The van der Waals surface area contributed by atoms with Crippen molar-refractivity contribution in [3.8, 4) is 0 Å². The summed E-state index contributed by atoms with van der Waals surface area (Å²) in [6.45, 7) is 14.2. The van der Waals surface area contributed by atoms with Crippen LogP contribution < -0.4 is 0 Å². The standard InChI is InChI=1S/C80H156O17P2/c1-70(2)56-48-40-32-25-20-16-12-9-10-14-19-23-29-37-46-54-62-79(84)96-76(67-91-78(83)61-53-45-39-31-35-43-51-59-73(7)8)69-95-99(88,89)93-65-74(81)64-92-98(86,87)94-68-75(97-80(85)63-55-47-38-30-24-27-34-42-50-58-72(5)6)66-90-77(82)60-52-44-36-28-22-18-15-11-13-17-21-26-33-41-49-57-71(3)4/h70-76,81H,9-69H2,1-8H3,(H,86,87)(H,88,89)/t74?,75-,76-/m1/s1. The van der Waals surface area contributed by atoms with E-state index in [0.717, 1.165) is 114 Å². The number of hydrogen-bond acceptors (Lipinski definition) is 15. The highest BCUT2D eigenvalue weighted by atomic mass is 31.2. The van der Waals surface area contributed by atoms with Crippen LogP contribution in [0.15, 0.2) is 0 Å². The third-order valence-electron chi connectivity index (χ3n) is 18.6. The normalized spacial score (nSPS) is 14.1. The van der Waals surface area contributed by atoms with E-state index in [4.69, 9.17) is 37.0 Å². The smallest absolute Gasteiger partial charge is 0.462 e. The number of hydrogen-bond donors (Lipinski definition) is 3. The van der Waals surface area contributed by atoms with Gasteiger partial charge < -0.3 is 33.8 Å². The summed E-state index contributed by atoms with van der Waals surface area (Å²) in [7, 11) is -9.92. The third kappa shape index (κ3) is 74.1. The van der Waals surface area contributed by atoms with Gasteiger partial charge in [0.2, 0.25) is 0 Å². The fourth-order valence-electron chi connectivity index (χ4n) is 12.3. The highest BCUT2D eigenvalue weighted by Gasteiger charge is 2.30. The van der Waals surface area contributed by atoms with Crippen molar-refractivity contribution >= 4 is 39.5 Å². The van der Waals surface area contributed by atoms with E-state index in [9.17, 15) is 43.2 Å². The van der Waals surface area contributed by atoms with Crippen LogP contribution in [-0.2, 0) is 65.4 Å². The van der Waals surface area contributed by atoms with Crippen LogP contribution in [0.2, 0.25) is 0 Å². The molecule has 0 aliphatic rings. The number of esters is 4. The first-order valence-corrected chi connectivity index (χ1v) is 44.2. The van der Waals surface area contributed by atoms with Gasteiger partial charge in [-0.1, -0.05) is 357 Å². The van der Waals surface area contributed by atoms with Crippen molar-refractivity contribution in [1.29, 1.82) is 0 Å². The quantitative estimate of drug-likeness (QED) is 0.0222. The number of carbonyl (C=O) groups is 4. The number of aliphatic hydroxyl groups is 1. The maximum absolute atomic E-state index is 13.1. The van der Waals surface area contributed by atoms with Crippen molar-refractivity contribution in [2.45, 2.75) is 427 Å². The van der Waals surface area contributed by atoms with Gasteiger partial charge >= 0.3 is 39.5 Å². The lowest BCUT2D eigenvalue weighted by Gasteiger charge is -2.21. The molecular formula is C80H156O17P2. The van der Waals surface area contributed by atoms with E-state index in [1.54, 1.807) is 0 Å². The molecule has 5 atom stereocenters. The second kappa shape index (κ2) is 69.1. The predicted molar refractivity (Wildman–Crippen MR) is 404 cm³/mol. The van der Waals surface area contributed by atoms with E-state index in [1.807, 2.05) is 0 Å². The molecule has 0 aliphatic heterocycles. The van der Waals surface area contributed by atoms with Gasteiger partial charge in [-0.25, -0.2) is 9.13 Å². The molecule has 19 heteroatoms. The van der Waals surface area contributed by atoms with Gasteiger partial charge in [-0.2, -0.15) is 0 Å². The molecule has 0 heterocycles. The van der Waals surface area contributed by atoms with E-state index in [0.29, 0.717) is 31.6 Å². The minimum Gasteiger partial charge on any atom is -0.462 e. The molecule has 17 nitrogen and oxygen atoms in total. The Bertz CT molecular complexity index is 1940. The molecule has 588 valence electrons. The van der Waals surface area contributed by atoms with Gasteiger partial charge in [0.05, 0.1) is 26.4 Å². The zero-order valence-electron chi connectivity index (χ0n) is 65.1. The summed E-state index contributed by atoms with van der Waals surface area (Å²) in [5.41, 5.74) is 0. The Kier molecular flexibility index (Phi) is 67.8. The molecule has 0 rings (SSSR count). The number of rotatable bonds is 77. The summed E-state index contributed by atoms with van der Waals surface area (Å²) in [5, 5.41) is 10.6. The van der Waals surface area contributed by atoms with E-state index >= 15 is 0 Å². The number of ether oxygens (including phenoxy) is 4. The molecule has 99 heavy (non-hydrogen) atoms. The predicted octanol–water partition coefficient (Wildman–Crippen LogP) is 23.6. The number of phosphoric ester groups is 2. The summed E-state index contributed by atoms with van der Waals surface area (Å²) in [6, 6.07) is 0. The maximum Gasteiger partial charge on any atom is 0.472 e. The number of phosphoric acid groups is 2. The first-order chi connectivity index (χ1) is 47.6. The molecule has 0 amide bonds. The summed E-state index contributed by atoms with van der Waals surface area (Å²) >= 11 is 0. The molecule has 3 N–H and O–H groups in total. The van der Waals surface area contributed by atoms with Crippen molar-refractivity contribution in [2.75, 3.05) is 39.6 Å². The minimum absolute atomic E-state index is 0.105. The van der Waals surface area contributed by atoms with Crippen LogP contribution in [-0.4, -0.2) is 96.7 Å². The average molecular weight is 1450 g/mol. The zero-order valence-corrected chi connectivity index (χ0v) is 66.9. The lowest BCUT2D eigenvalue weighted by Crippen LogP contribution is -2.30. The van der Waals surface area contributed by atoms with Crippen LogP contribution >= 0.6 is 15.6 Å². The van der Waals surface area contributed by atoms with Gasteiger partial charge in [0.15, 0.2) is 12.2 Å². The Balaban J connectivity index is 5.20. The fourth-order valence-corrected chi connectivity index (χ4v) is 13.8. The number of carbonyl (C=O) groups excluding carboxylic acids is 4. The fraction of sp³-hybridized carbons (Fsp3) is 0.950. The SMILES string of the molecule is CC(C)CCCCCCCCCCCCCCCCCCC(=O)O[C@H](COC(=O)CCCCCCCCCC(C)C)COP(=O)(O)OCC(O)COP(=O)(O)OC[C@@H](COC(=O)CCCCCCCCCCCCCCCCCC(C)C)OC(=O)CCCCCCCCCCCC(C)C. The largest absolute Gasteiger partial charge is 0.472 e. The molecule has 0 aromatic carbocycles. The van der Waals surface area contributed by atoms with Crippen molar-refractivity contribution in [3.05, 3.63) is 0 Å². The lowest BCUT2D eigenvalue weighted by atomic mass is 10.0. The van der Waals surface area contributed by atoms with Crippen molar-refractivity contribution in [1.82, 2.24) is 0 Å². The Morgan fingerprint density at radius 3 is 0.626 bits per heavy atom. The van der Waals surface area contributed by atoms with E-state index in [1.165, 1.54) is 205 Å². The van der Waals surface area contributed by atoms with Crippen LogP contribution in [0.1, 0.15) is 409 Å². The molecule has 0 aromatic rings. The molecule has 0 radical (unpaired) electrons. The summed E-state index contributed by atoms with van der Waals surface area (Å²) in [6.07, 6.45) is 55.7. The Hall–Kier alpha value is -1.94. The van der Waals surface area contributed by atoms with E-state index < -0.39 is 97.5 Å². The van der Waals surface area contributed by atoms with E-state index in [-0.39, 0.29) is 25.7 Å². The molecule has 3 unspecified atom stereocenters. The van der Waals surface area contributed by atoms with Crippen molar-refractivity contribution in [2.24, 2.45) is 23.7 Å². The van der Waals surface area contributed by atoms with Gasteiger partial charge in [-0.3, -0.25) is 37.3 Å². The van der Waals surface area contributed by atoms with Crippen LogP contribution in [0, 0.1) is 23.7 Å². The highest BCUT2D eigenvalue weighted by molar-refractivity contribution is 7.47. The molecule has 0 aromatic heterocycles. The average Bonchev–Trinajstić information content (AvgIpc) is 1.12. The van der Waals surface area contributed by atoms with Crippen LogP contribution in [0.3, 0.4) is 0 Å². The van der Waals surface area contributed by atoms with Crippen molar-refractivity contribution < 1.29 is 80.2 Å². The lowest BCUT2D eigenvalue weighted by molar-refractivity contribution is -0.161. The molecule has 0 bridgehead atoms.